The number of sulfone groups is 1. The Hall–Kier alpha value is -0.130. The van der Waals surface area contributed by atoms with Crippen LogP contribution in [0.25, 0.3) is 0 Å². The zero-order valence-corrected chi connectivity index (χ0v) is 11.1. The topological polar surface area (TPSA) is 49.4 Å². The molecule has 1 aliphatic carbocycles. The first-order valence-electron chi connectivity index (χ1n) is 6.80. The number of rotatable bonds is 4. The molecule has 2 atom stereocenters. The molecule has 0 aromatic carbocycles. The number of nitrogens with one attached hydrogen (secondary N) is 1. The predicted molar refractivity (Wildman–Crippen MR) is 67.8 cm³/mol. The molecule has 1 saturated carbocycles. The molecule has 0 aromatic rings. The zero-order valence-electron chi connectivity index (χ0n) is 10.3. The van der Waals surface area contributed by atoms with Crippen LogP contribution >= 0.6 is 0 Å². The van der Waals surface area contributed by atoms with Gasteiger partial charge in [-0.1, -0.05) is 0 Å². The van der Waals surface area contributed by atoms with Gasteiger partial charge in [0.15, 0.2) is 9.84 Å². The molecule has 4 nitrogen and oxygen atoms in total. The molecule has 0 spiro atoms. The van der Waals surface area contributed by atoms with Gasteiger partial charge >= 0.3 is 0 Å². The molecule has 98 valence electrons. The molecule has 2 unspecified atom stereocenters. The molecule has 3 fully saturated rings. The van der Waals surface area contributed by atoms with E-state index in [1.807, 2.05) is 0 Å². The van der Waals surface area contributed by atoms with Crippen molar-refractivity contribution in [2.45, 2.75) is 37.8 Å². The lowest BCUT2D eigenvalue weighted by molar-refractivity contribution is 0.310. The average Bonchev–Trinajstić information content (AvgIpc) is 2.92. The summed E-state index contributed by atoms with van der Waals surface area (Å²) < 4.78 is 22.7. The summed E-state index contributed by atoms with van der Waals surface area (Å²) in [5.41, 5.74) is 0. The number of hydrogen-bond donors (Lipinski definition) is 1. The van der Waals surface area contributed by atoms with Crippen LogP contribution in [0.15, 0.2) is 0 Å². The van der Waals surface area contributed by atoms with Crippen LogP contribution in [0.4, 0.5) is 0 Å². The number of nitrogens with zero attached hydrogens (tertiary/aromatic N) is 1. The first kappa shape index (κ1) is 11.9. The summed E-state index contributed by atoms with van der Waals surface area (Å²) in [7, 11) is -2.73. The maximum absolute atomic E-state index is 11.3. The Morgan fingerprint density at radius 3 is 2.65 bits per heavy atom. The van der Waals surface area contributed by atoms with Crippen LogP contribution in [0.3, 0.4) is 0 Å². The van der Waals surface area contributed by atoms with Gasteiger partial charge in [0, 0.05) is 18.6 Å². The van der Waals surface area contributed by atoms with E-state index in [0.717, 1.165) is 24.9 Å². The molecule has 2 aliphatic heterocycles. The van der Waals surface area contributed by atoms with Gasteiger partial charge < -0.3 is 10.2 Å². The highest BCUT2D eigenvalue weighted by molar-refractivity contribution is 7.91. The first-order valence-corrected chi connectivity index (χ1v) is 8.62. The van der Waals surface area contributed by atoms with Crippen molar-refractivity contribution in [3.8, 4) is 0 Å². The van der Waals surface area contributed by atoms with Crippen molar-refractivity contribution >= 4 is 9.84 Å². The summed E-state index contributed by atoms with van der Waals surface area (Å²) >= 11 is 0. The molecule has 0 amide bonds. The summed E-state index contributed by atoms with van der Waals surface area (Å²) in [6, 6.07) is 1.10. The van der Waals surface area contributed by atoms with Crippen LogP contribution in [0.2, 0.25) is 0 Å². The standard InChI is InChI=1S/C12H22N2O2S/c15-17(16)6-4-11(9-17)13-7-10-3-5-14(8-10)12-1-2-12/h10-13H,1-9H2. The van der Waals surface area contributed by atoms with Gasteiger partial charge in [-0.05, 0) is 44.7 Å². The largest absolute Gasteiger partial charge is 0.313 e. The van der Waals surface area contributed by atoms with Gasteiger partial charge in [-0.15, -0.1) is 0 Å². The molecule has 0 radical (unpaired) electrons. The molecule has 2 saturated heterocycles. The fraction of sp³-hybridized carbons (Fsp3) is 1.00. The molecular formula is C12H22N2O2S. The Morgan fingerprint density at radius 2 is 2.00 bits per heavy atom. The second-order valence-electron chi connectivity index (χ2n) is 5.89. The maximum Gasteiger partial charge on any atom is 0.151 e. The van der Waals surface area contributed by atoms with E-state index >= 15 is 0 Å². The molecule has 0 bridgehead atoms. The Balaban J connectivity index is 1.40. The first-order chi connectivity index (χ1) is 8.12. The maximum atomic E-state index is 11.3. The SMILES string of the molecule is O=S1(=O)CCC(NCC2CCN(C3CC3)C2)C1. The second-order valence-corrected chi connectivity index (χ2v) is 8.12. The highest BCUT2D eigenvalue weighted by atomic mass is 32.2. The van der Waals surface area contributed by atoms with E-state index in [1.54, 1.807) is 0 Å². The third-order valence-corrected chi connectivity index (χ3v) is 6.08. The van der Waals surface area contributed by atoms with Crippen molar-refractivity contribution in [3.63, 3.8) is 0 Å². The summed E-state index contributed by atoms with van der Waals surface area (Å²) in [5, 5.41) is 3.45. The van der Waals surface area contributed by atoms with Crippen LogP contribution in [0.5, 0.6) is 0 Å². The van der Waals surface area contributed by atoms with E-state index in [-0.39, 0.29) is 6.04 Å². The minimum absolute atomic E-state index is 0.218. The molecule has 5 heteroatoms. The lowest BCUT2D eigenvalue weighted by Gasteiger charge is -2.17. The van der Waals surface area contributed by atoms with Gasteiger partial charge in [-0.2, -0.15) is 0 Å². The van der Waals surface area contributed by atoms with E-state index in [9.17, 15) is 8.42 Å². The third-order valence-electron chi connectivity index (χ3n) is 4.31. The number of hydrogen-bond acceptors (Lipinski definition) is 4. The van der Waals surface area contributed by atoms with E-state index in [1.165, 1.54) is 32.4 Å². The van der Waals surface area contributed by atoms with Gasteiger partial charge in [0.1, 0.15) is 0 Å². The minimum atomic E-state index is -2.73. The van der Waals surface area contributed by atoms with E-state index in [4.69, 9.17) is 0 Å². The molecule has 2 heterocycles. The lowest BCUT2D eigenvalue weighted by atomic mass is 10.1. The van der Waals surface area contributed by atoms with Crippen LogP contribution in [-0.2, 0) is 9.84 Å². The molecule has 17 heavy (non-hydrogen) atoms. The monoisotopic (exact) mass is 258 g/mol. The molecule has 0 aromatic heterocycles. The summed E-state index contributed by atoms with van der Waals surface area (Å²) in [4.78, 5) is 2.61. The van der Waals surface area contributed by atoms with Crippen LogP contribution in [0, 0.1) is 5.92 Å². The zero-order chi connectivity index (χ0) is 11.9. The minimum Gasteiger partial charge on any atom is -0.313 e. The number of likely N-dealkylation sites (tertiary alicyclic amines) is 1. The van der Waals surface area contributed by atoms with E-state index in [0.29, 0.717) is 11.5 Å². The quantitative estimate of drug-likeness (QED) is 0.785. The van der Waals surface area contributed by atoms with E-state index < -0.39 is 9.84 Å². The Labute approximate surface area is 104 Å². The van der Waals surface area contributed by atoms with Gasteiger partial charge in [-0.25, -0.2) is 8.42 Å². The summed E-state index contributed by atoms with van der Waals surface area (Å²) in [6.07, 6.45) is 4.87. The van der Waals surface area contributed by atoms with Crippen molar-refractivity contribution < 1.29 is 8.42 Å². The van der Waals surface area contributed by atoms with Crippen LogP contribution in [0.1, 0.15) is 25.7 Å². The third kappa shape index (κ3) is 3.01. The Kier molecular flexibility index (Phi) is 3.17. The van der Waals surface area contributed by atoms with Gasteiger partial charge in [-0.3, -0.25) is 0 Å². The predicted octanol–water partition coefficient (Wildman–Crippen LogP) is 0.247. The van der Waals surface area contributed by atoms with Crippen molar-refractivity contribution in [3.05, 3.63) is 0 Å². The van der Waals surface area contributed by atoms with Gasteiger partial charge in [0.25, 0.3) is 0 Å². The second kappa shape index (κ2) is 4.52. The summed E-state index contributed by atoms with van der Waals surface area (Å²) in [5.74, 6) is 1.47. The van der Waals surface area contributed by atoms with Crippen LogP contribution < -0.4 is 5.32 Å². The van der Waals surface area contributed by atoms with Gasteiger partial charge in [0.05, 0.1) is 11.5 Å². The normalized spacial score (nSPS) is 37.6. The Morgan fingerprint density at radius 1 is 1.18 bits per heavy atom. The highest BCUT2D eigenvalue weighted by Crippen LogP contribution is 2.31. The van der Waals surface area contributed by atoms with Crippen molar-refractivity contribution in [1.29, 1.82) is 0 Å². The Bertz CT molecular complexity index is 378. The molecular weight excluding hydrogens is 236 g/mol. The fourth-order valence-corrected chi connectivity index (χ4v) is 4.80. The highest BCUT2D eigenvalue weighted by Gasteiger charge is 2.35. The van der Waals surface area contributed by atoms with Crippen molar-refractivity contribution in [2.24, 2.45) is 5.92 Å². The smallest absolute Gasteiger partial charge is 0.151 e. The van der Waals surface area contributed by atoms with Gasteiger partial charge in [0.2, 0.25) is 0 Å². The van der Waals surface area contributed by atoms with Crippen molar-refractivity contribution in [2.75, 3.05) is 31.1 Å². The van der Waals surface area contributed by atoms with Crippen molar-refractivity contribution in [1.82, 2.24) is 10.2 Å². The fourth-order valence-electron chi connectivity index (χ4n) is 3.09. The lowest BCUT2D eigenvalue weighted by Crippen LogP contribution is -2.35. The van der Waals surface area contributed by atoms with Crippen LogP contribution in [-0.4, -0.2) is 56.5 Å². The molecule has 3 rings (SSSR count). The summed E-state index contributed by atoms with van der Waals surface area (Å²) in [6.45, 7) is 3.47. The average molecular weight is 258 g/mol. The molecule has 3 aliphatic rings. The molecule has 1 N–H and O–H groups in total. The van der Waals surface area contributed by atoms with E-state index in [2.05, 4.69) is 10.2 Å².